The van der Waals surface area contributed by atoms with E-state index < -0.39 is 23.6 Å². The van der Waals surface area contributed by atoms with Crippen LogP contribution >= 0.6 is 0 Å². The predicted molar refractivity (Wildman–Crippen MR) is 106 cm³/mol. The number of benzene rings is 1. The minimum Gasteiger partial charge on any atom is -0.480 e. The van der Waals surface area contributed by atoms with Gasteiger partial charge in [0.15, 0.2) is 5.65 Å². The highest BCUT2D eigenvalue weighted by Gasteiger charge is 2.28. The van der Waals surface area contributed by atoms with Gasteiger partial charge in [0.1, 0.15) is 12.6 Å². The largest absolute Gasteiger partial charge is 0.480 e. The maximum Gasteiger partial charge on any atom is 0.350 e. The van der Waals surface area contributed by atoms with Crippen LogP contribution in [0.1, 0.15) is 36.3 Å². The molecule has 0 bridgehead atoms. The second-order valence-corrected chi connectivity index (χ2v) is 7.35. The van der Waals surface area contributed by atoms with Crippen LogP contribution in [0.3, 0.4) is 0 Å². The Labute approximate surface area is 166 Å². The van der Waals surface area contributed by atoms with Crippen LogP contribution in [-0.2, 0) is 22.6 Å². The topological polar surface area (TPSA) is 106 Å². The van der Waals surface area contributed by atoms with E-state index in [0.717, 1.165) is 29.5 Å². The van der Waals surface area contributed by atoms with Gasteiger partial charge in [-0.15, -0.1) is 5.10 Å². The normalized spacial score (nSPS) is 16.9. The van der Waals surface area contributed by atoms with Crippen LogP contribution in [0.15, 0.2) is 53.5 Å². The highest BCUT2D eigenvalue weighted by molar-refractivity contribution is 5.83. The van der Waals surface area contributed by atoms with Crippen molar-refractivity contribution in [2.75, 3.05) is 0 Å². The molecule has 0 fully saturated rings. The summed E-state index contributed by atoms with van der Waals surface area (Å²) in [5.41, 5.74) is 2.40. The molecule has 2 atom stereocenters. The van der Waals surface area contributed by atoms with Gasteiger partial charge in [0.2, 0.25) is 5.91 Å². The number of rotatable bonds is 6. The van der Waals surface area contributed by atoms with Crippen LogP contribution in [0, 0.1) is 0 Å². The van der Waals surface area contributed by atoms with Gasteiger partial charge in [0, 0.05) is 6.20 Å². The van der Waals surface area contributed by atoms with E-state index in [-0.39, 0.29) is 12.5 Å². The van der Waals surface area contributed by atoms with Crippen molar-refractivity contribution in [1.29, 1.82) is 0 Å². The lowest BCUT2D eigenvalue weighted by Gasteiger charge is -2.28. The van der Waals surface area contributed by atoms with Gasteiger partial charge in [-0.2, -0.15) is 0 Å². The zero-order valence-corrected chi connectivity index (χ0v) is 15.8. The lowest BCUT2D eigenvalue weighted by atomic mass is 9.79. The van der Waals surface area contributed by atoms with E-state index in [1.165, 1.54) is 9.96 Å². The Morgan fingerprint density at radius 3 is 2.79 bits per heavy atom. The Hall–Kier alpha value is -3.42. The Morgan fingerprint density at radius 1 is 1.21 bits per heavy atom. The second-order valence-electron chi connectivity index (χ2n) is 7.35. The first-order valence-corrected chi connectivity index (χ1v) is 9.67. The number of aliphatic carboxylic acids is 1. The van der Waals surface area contributed by atoms with E-state index >= 15 is 0 Å². The molecular weight excluding hydrogens is 372 g/mol. The van der Waals surface area contributed by atoms with Crippen LogP contribution in [0.5, 0.6) is 0 Å². The molecule has 1 aliphatic rings. The molecule has 2 heterocycles. The van der Waals surface area contributed by atoms with E-state index in [4.69, 9.17) is 0 Å². The fourth-order valence-corrected chi connectivity index (χ4v) is 4.05. The number of pyridine rings is 1. The molecule has 1 aliphatic carbocycles. The van der Waals surface area contributed by atoms with Crippen molar-refractivity contribution in [1.82, 2.24) is 19.5 Å². The quantitative estimate of drug-likeness (QED) is 0.660. The number of nitrogens with zero attached hydrogens (tertiary/aromatic N) is 3. The summed E-state index contributed by atoms with van der Waals surface area (Å²) < 4.78 is 2.38. The molecule has 1 amide bonds. The summed E-state index contributed by atoms with van der Waals surface area (Å²) in [6.07, 6.45) is 4.77. The van der Waals surface area contributed by atoms with Gasteiger partial charge >= 0.3 is 11.7 Å². The third kappa shape index (κ3) is 3.91. The van der Waals surface area contributed by atoms with Crippen molar-refractivity contribution in [3.05, 3.63) is 70.3 Å². The molecule has 0 spiro atoms. The first-order chi connectivity index (χ1) is 14.0. The summed E-state index contributed by atoms with van der Waals surface area (Å²) in [4.78, 5) is 36.5. The van der Waals surface area contributed by atoms with Gasteiger partial charge in [-0.05, 0) is 54.9 Å². The second kappa shape index (κ2) is 7.90. The van der Waals surface area contributed by atoms with E-state index in [9.17, 15) is 19.5 Å². The molecule has 4 rings (SSSR count). The number of nitrogens with one attached hydrogen (secondary N) is 1. The van der Waals surface area contributed by atoms with Gasteiger partial charge in [-0.1, -0.05) is 30.3 Å². The minimum absolute atomic E-state index is 0.0827. The molecule has 8 heteroatoms. The number of aromatic nitrogens is 3. The first kappa shape index (κ1) is 18.9. The Kier molecular flexibility index (Phi) is 5.16. The summed E-state index contributed by atoms with van der Waals surface area (Å²) in [7, 11) is 0. The van der Waals surface area contributed by atoms with E-state index in [0.29, 0.717) is 12.1 Å². The maximum atomic E-state index is 12.5. The Bertz CT molecular complexity index is 1120. The fraction of sp³-hybridized carbons (Fsp3) is 0.333. The predicted octanol–water partition coefficient (Wildman–Crippen LogP) is 1.58. The summed E-state index contributed by atoms with van der Waals surface area (Å²) in [5, 5.41) is 16.3. The number of hydrogen-bond acceptors (Lipinski definition) is 4. The molecule has 8 nitrogen and oxygen atoms in total. The zero-order valence-electron chi connectivity index (χ0n) is 15.8. The molecule has 29 heavy (non-hydrogen) atoms. The van der Waals surface area contributed by atoms with Gasteiger partial charge in [-0.3, -0.25) is 9.20 Å². The summed E-state index contributed by atoms with van der Waals surface area (Å²) in [6.45, 7) is -0.328. The molecule has 0 saturated carbocycles. The van der Waals surface area contributed by atoms with Crippen molar-refractivity contribution in [2.45, 2.75) is 44.2 Å². The number of carboxylic acids is 1. The molecule has 2 unspecified atom stereocenters. The smallest absolute Gasteiger partial charge is 0.350 e. The molecule has 3 aromatic rings. The van der Waals surface area contributed by atoms with Gasteiger partial charge < -0.3 is 10.4 Å². The zero-order chi connectivity index (χ0) is 20.4. The van der Waals surface area contributed by atoms with Crippen molar-refractivity contribution in [3.63, 3.8) is 0 Å². The molecule has 0 radical (unpaired) electrons. The lowest BCUT2D eigenvalue weighted by molar-refractivity contribution is -0.142. The van der Waals surface area contributed by atoms with Gasteiger partial charge in [-0.25, -0.2) is 14.3 Å². The molecule has 2 aromatic heterocycles. The maximum absolute atomic E-state index is 12.5. The molecular formula is C21H22N4O4. The number of carbonyl (C=O) groups is 2. The fourth-order valence-electron chi connectivity index (χ4n) is 4.05. The molecule has 2 N–H and O–H groups in total. The standard InChI is InChI=1S/C21H22N4O4/c26-19(13-25-21(29)24-11-4-3-10-18(24)23-25)22-17(20(27)28)12-15-8-5-7-14-6-1-2-9-16(14)15/h1-4,6,9-11,15,17H,5,7-8,12-13H2,(H,22,26)(H,27,28). The van der Waals surface area contributed by atoms with Gasteiger partial charge in [0.05, 0.1) is 0 Å². The number of fused-ring (bicyclic) bond motifs is 2. The number of hydrogen-bond donors (Lipinski definition) is 2. The monoisotopic (exact) mass is 394 g/mol. The number of carboxylic acid groups (broad SMARTS) is 1. The SMILES string of the molecule is O=C(Cn1nc2ccccn2c1=O)NC(CC1CCCc2ccccc21)C(=O)O. The van der Waals surface area contributed by atoms with Gasteiger partial charge in [0.25, 0.3) is 0 Å². The average Bonchev–Trinajstić information content (AvgIpc) is 3.03. The van der Waals surface area contributed by atoms with Crippen LogP contribution in [-0.4, -0.2) is 37.2 Å². The van der Waals surface area contributed by atoms with Crippen LogP contribution in [0.25, 0.3) is 5.65 Å². The summed E-state index contributed by atoms with van der Waals surface area (Å²) in [6, 6.07) is 12.1. The number of amides is 1. The van der Waals surface area contributed by atoms with E-state index in [1.54, 1.807) is 24.4 Å². The van der Waals surface area contributed by atoms with Crippen LogP contribution in [0.4, 0.5) is 0 Å². The Morgan fingerprint density at radius 2 is 2.00 bits per heavy atom. The van der Waals surface area contributed by atoms with E-state index in [2.05, 4.69) is 16.5 Å². The summed E-state index contributed by atoms with van der Waals surface area (Å²) >= 11 is 0. The number of aryl methyl sites for hydroxylation is 1. The van der Waals surface area contributed by atoms with Crippen molar-refractivity contribution in [2.24, 2.45) is 0 Å². The van der Waals surface area contributed by atoms with Crippen molar-refractivity contribution >= 4 is 17.5 Å². The molecule has 0 aliphatic heterocycles. The third-order valence-corrected chi connectivity index (χ3v) is 5.43. The molecule has 0 saturated heterocycles. The van der Waals surface area contributed by atoms with Crippen molar-refractivity contribution in [3.8, 4) is 0 Å². The van der Waals surface area contributed by atoms with Crippen LogP contribution < -0.4 is 11.0 Å². The van der Waals surface area contributed by atoms with E-state index in [1.807, 2.05) is 18.2 Å². The minimum atomic E-state index is -1.08. The highest BCUT2D eigenvalue weighted by atomic mass is 16.4. The highest BCUT2D eigenvalue weighted by Crippen LogP contribution is 2.34. The third-order valence-electron chi connectivity index (χ3n) is 5.43. The number of carbonyl (C=O) groups excluding carboxylic acids is 1. The van der Waals surface area contributed by atoms with Crippen LogP contribution in [0.2, 0.25) is 0 Å². The van der Waals surface area contributed by atoms with Crippen molar-refractivity contribution < 1.29 is 14.7 Å². The average molecular weight is 394 g/mol. The lowest BCUT2D eigenvalue weighted by Crippen LogP contribution is -2.44. The molecule has 150 valence electrons. The summed E-state index contributed by atoms with van der Waals surface area (Å²) in [5.74, 6) is -1.55. The molecule has 1 aromatic carbocycles. The first-order valence-electron chi connectivity index (χ1n) is 9.67. The Balaban J connectivity index is 1.47.